The maximum Gasteiger partial charge on any atom is 0.254 e. The second-order valence-corrected chi connectivity index (χ2v) is 9.68. The number of hydrogen-bond donors (Lipinski definition) is 2. The van der Waals surface area contributed by atoms with Crippen molar-refractivity contribution >= 4 is 17.7 Å². The predicted octanol–water partition coefficient (Wildman–Crippen LogP) is 1.65. The van der Waals surface area contributed by atoms with E-state index in [1.165, 1.54) is 6.92 Å². The average molecular weight is 489 g/mol. The Bertz CT molecular complexity index is 862. The monoisotopic (exact) mass is 488 g/mol. The van der Waals surface area contributed by atoms with Gasteiger partial charge in [-0.05, 0) is 68.3 Å². The summed E-state index contributed by atoms with van der Waals surface area (Å²) >= 11 is 0. The molecule has 1 saturated heterocycles. The molecule has 3 rings (SSSR count). The van der Waals surface area contributed by atoms with Crippen LogP contribution < -0.4 is 15.8 Å². The number of rotatable bonds is 10. The standard InChI is InChI=1S/C26H40N4O5/c1-18(31)30-17-22(14-24(30)25(32)28-16-20-6-4-5-19(13-20)15-27)29(11-12-34-2)26(33)21-7-9-23(35-3)10-8-21/h7-10,19-20,22,24H,4-6,11-17,27H2,1-3H3,(H,28,32). The zero-order valence-electron chi connectivity index (χ0n) is 21.2. The van der Waals surface area contributed by atoms with E-state index < -0.39 is 6.04 Å². The normalized spacial score (nSPS) is 24.2. The first-order valence-corrected chi connectivity index (χ1v) is 12.6. The van der Waals surface area contributed by atoms with Crippen LogP contribution in [0, 0.1) is 11.8 Å². The number of carbonyl (C=O) groups excluding carboxylic acids is 3. The van der Waals surface area contributed by atoms with Crippen LogP contribution in [0.3, 0.4) is 0 Å². The molecule has 4 atom stereocenters. The predicted molar refractivity (Wildman–Crippen MR) is 133 cm³/mol. The molecule has 1 aliphatic carbocycles. The minimum absolute atomic E-state index is 0.152. The van der Waals surface area contributed by atoms with Gasteiger partial charge in [0.25, 0.3) is 5.91 Å². The Morgan fingerprint density at radius 2 is 1.83 bits per heavy atom. The number of amides is 3. The molecular weight excluding hydrogens is 448 g/mol. The highest BCUT2D eigenvalue weighted by molar-refractivity contribution is 5.95. The van der Waals surface area contributed by atoms with Crippen LogP contribution in [0.25, 0.3) is 0 Å². The zero-order chi connectivity index (χ0) is 25.4. The van der Waals surface area contributed by atoms with E-state index in [-0.39, 0.29) is 23.8 Å². The minimum atomic E-state index is -0.597. The van der Waals surface area contributed by atoms with Gasteiger partial charge in [-0.2, -0.15) is 0 Å². The first kappa shape index (κ1) is 26.9. The highest BCUT2D eigenvalue weighted by Gasteiger charge is 2.42. The van der Waals surface area contributed by atoms with E-state index >= 15 is 0 Å². The van der Waals surface area contributed by atoms with Gasteiger partial charge in [-0.15, -0.1) is 0 Å². The molecule has 1 saturated carbocycles. The third-order valence-corrected chi connectivity index (χ3v) is 7.35. The molecule has 1 aliphatic heterocycles. The first-order chi connectivity index (χ1) is 16.9. The number of methoxy groups -OCH3 is 2. The number of benzene rings is 1. The van der Waals surface area contributed by atoms with Crippen molar-refractivity contribution in [2.45, 2.75) is 51.1 Å². The van der Waals surface area contributed by atoms with Crippen LogP contribution in [0.4, 0.5) is 0 Å². The molecule has 2 aliphatic rings. The molecule has 1 heterocycles. The molecule has 9 nitrogen and oxygen atoms in total. The van der Waals surface area contributed by atoms with Crippen molar-refractivity contribution in [1.29, 1.82) is 0 Å². The first-order valence-electron chi connectivity index (χ1n) is 12.6. The van der Waals surface area contributed by atoms with Crippen molar-refractivity contribution in [3.63, 3.8) is 0 Å². The van der Waals surface area contributed by atoms with Gasteiger partial charge < -0.3 is 30.3 Å². The fourth-order valence-corrected chi connectivity index (χ4v) is 5.34. The third kappa shape index (κ3) is 6.95. The number of likely N-dealkylation sites (tertiary alicyclic amines) is 1. The van der Waals surface area contributed by atoms with Crippen molar-refractivity contribution in [3.8, 4) is 5.75 Å². The number of hydrogen-bond acceptors (Lipinski definition) is 6. The summed E-state index contributed by atoms with van der Waals surface area (Å²) in [5.74, 6) is 1.13. The maximum atomic E-state index is 13.4. The number of ether oxygens (including phenoxy) is 2. The molecule has 35 heavy (non-hydrogen) atoms. The summed E-state index contributed by atoms with van der Waals surface area (Å²) in [6, 6.07) is 6.06. The SMILES string of the molecule is COCCN(C(=O)c1ccc(OC)cc1)C1CC(C(=O)NCC2CCCC(CN)C2)N(C(C)=O)C1. The quantitative estimate of drug-likeness (QED) is 0.518. The third-order valence-electron chi connectivity index (χ3n) is 7.35. The topological polar surface area (TPSA) is 114 Å². The van der Waals surface area contributed by atoms with Gasteiger partial charge in [0, 0.05) is 39.2 Å². The van der Waals surface area contributed by atoms with E-state index in [1.807, 2.05) is 0 Å². The molecule has 0 spiro atoms. The van der Waals surface area contributed by atoms with Gasteiger partial charge in [0.1, 0.15) is 11.8 Å². The second kappa shape index (κ2) is 12.9. The summed E-state index contributed by atoms with van der Waals surface area (Å²) in [5.41, 5.74) is 6.38. The Balaban J connectivity index is 1.69. The maximum absolute atomic E-state index is 13.4. The fourth-order valence-electron chi connectivity index (χ4n) is 5.34. The van der Waals surface area contributed by atoms with Gasteiger partial charge in [0.15, 0.2) is 0 Å². The average Bonchev–Trinajstić information content (AvgIpc) is 3.33. The molecule has 194 valence electrons. The largest absolute Gasteiger partial charge is 0.497 e. The van der Waals surface area contributed by atoms with Gasteiger partial charge in [0.2, 0.25) is 11.8 Å². The number of nitrogens with zero attached hydrogens (tertiary/aromatic N) is 2. The Morgan fingerprint density at radius 3 is 2.46 bits per heavy atom. The Kier molecular flexibility index (Phi) is 9.92. The number of carbonyl (C=O) groups is 3. The van der Waals surface area contributed by atoms with Crippen molar-refractivity contribution in [2.24, 2.45) is 17.6 Å². The van der Waals surface area contributed by atoms with E-state index in [0.29, 0.717) is 62.4 Å². The van der Waals surface area contributed by atoms with Crippen molar-refractivity contribution in [2.75, 3.05) is 47.0 Å². The molecule has 1 aromatic rings. The Hall–Kier alpha value is -2.65. The van der Waals surface area contributed by atoms with Crippen molar-refractivity contribution < 1.29 is 23.9 Å². The molecule has 9 heteroatoms. The fraction of sp³-hybridized carbons (Fsp3) is 0.654. The van der Waals surface area contributed by atoms with Gasteiger partial charge >= 0.3 is 0 Å². The van der Waals surface area contributed by atoms with E-state index in [2.05, 4.69) is 5.32 Å². The molecule has 3 N–H and O–H groups in total. The van der Waals surface area contributed by atoms with Gasteiger partial charge in [-0.3, -0.25) is 14.4 Å². The summed E-state index contributed by atoms with van der Waals surface area (Å²) in [5, 5.41) is 3.08. The molecule has 0 radical (unpaired) electrons. The lowest BCUT2D eigenvalue weighted by Crippen LogP contribution is -2.46. The van der Waals surface area contributed by atoms with Crippen LogP contribution in [0.5, 0.6) is 5.75 Å². The van der Waals surface area contributed by atoms with Crippen LogP contribution >= 0.6 is 0 Å². The molecule has 0 aromatic heterocycles. The highest BCUT2D eigenvalue weighted by Crippen LogP contribution is 2.29. The van der Waals surface area contributed by atoms with E-state index in [1.54, 1.807) is 48.3 Å². The van der Waals surface area contributed by atoms with Gasteiger partial charge in [0.05, 0.1) is 19.8 Å². The summed E-state index contributed by atoms with van der Waals surface area (Å²) in [6.07, 6.45) is 4.80. The van der Waals surface area contributed by atoms with Crippen LogP contribution in [-0.4, -0.2) is 86.6 Å². The summed E-state index contributed by atoms with van der Waals surface area (Å²) in [4.78, 5) is 42.3. The van der Waals surface area contributed by atoms with Crippen LogP contribution in [-0.2, 0) is 14.3 Å². The van der Waals surface area contributed by atoms with Crippen molar-refractivity contribution in [1.82, 2.24) is 15.1 Å². The number of nitrogens with one attached hydrogen (secondary N) is 1. The smallest absolute Gasteiger partial charge is 0.254 e. The van der Waals surface area contributed by atoms with Crippen molar-refractivity contribution in [3.05, 3.63) is 29.8 Å². The second-order valence-electron chi connectivity index (χ2n) is 9.68. The molecular formula is C26H40N4O5. The lowest BCUT2D eigenvalue weighted by atomic mass is 9.81. The van der Waals surface area contributed by atoms with Crippen LogP contribution in [0.15, 0.2) is 24.3 Å². The van der Waals surface area contributed by atoms with Crippen LogP contribution in [0.2, 0.25) is 0 Å². The summed E-state index contributed by atoms with van der Waals surface area (Å²) in [6.45, 7) is 3.80. The lowest BCUT2D eigenvalue weighted by molar-refractivity contribution is -0.137. The summed E-state index contributed by atoms with van der Waals surface area (Å²) in [7, 11) is 3.16. The highest BCUT2D eigenvalue weighted by atomic mass is 16.5. The Morgan fingerprint density at radius 1 is 1.11 bits per heavy atom. The lowest BCUT2D eigenvalue weighted by Gasteiger charge is -2.29. The minimum Gasteiger partial charge on any atom is -0.497 e. The van der Waals surface area contributed by atoms with E-state index in [4.69, 9.17) is 15.2 Å². The van der Waals surface area contributed by atoms with E-state index in [0.717, 1.165) is 25.7 Å². The van der Waals surface area contributed by atoms with Gasteiger partial charge in [-0.25, -0.2) is 0 Å². The number of nitrogens with two attached hydrogens (primary N) is 1. The molecule has 3 amide bonds. The van der Waals surface area contributed by atoms with E-state index in [9.17, 15) is 14.4 Å². The molecule has 1 aromatic carbocycles. The zero-order valence-corrected chi connectivity index (χ0v) is 21.2. The van der Waals surface area contributed by atoms with Crippen LogP contribution in [0.1, 0.15) is 49.4 Å². The van der Waals surface area contributed by atoms with Gasteiger partial charge in [-0.1, -0.05) is 6.42 Å². The Labute approximate surface area is 208 Å². The molecule has 2 fully saturated rings. The summed E-state index contributed by atoms with van der Waals surface area (Å²) < 4.78 is 10.4. The molecule has 0 bridgehead atoms. The molecule has 4 unspecified atom stereocenters.